The van der Waals surface area contributed by atoms with Crippen molar-refractivity contribution < 1.29 is 4.79 Å². The van der Waals surface area contributed by atoms with E-state index in [4.69, 9.17) is 35.4 Å². The first kappa shape index (κ1) is 17.2. The highest BCUT2D eigenvalue weighted by Gasteiger charge is 2.18. The predicted molar refractivity (Wildman–Crippen MR) is 109 cm³/mol. The molecule has 0 unspecified atom stereocenters. The summed E-state index contributed by atoms with van der Waals surface area (Å²) >= 11 is 18.4. The Morgan fingerprint density at radius 3 is 2.69 bits per heavy atom. The maximum absolute atomic E-state index is 12.7. The minimum Gasteiger partial charge on any atom is -0.321 e. The van der Waals surface area contributed by atoms with Gasteiger partial charge in [-0.3, -0.25) is 14.0 Å². The molecule has 2 N–H and O–H groups in total. The third-order valence-electron chi connectivity index (χ3n) is 3.82. The summed E-state index contributed by atoms with van der Waals surface area (Å²) in [5.74, 6) is -0.395. The number of anilines is 1. The molecule has 0 atom stereocenters. The molecule has 0 radical (unpaired) electrons. The molecule has 2 heterocycles. The summed E-state index contributed by atoms with van der Waals surface area (Å²) in [6, 6.07) is 11.9. The molecule has 26 heavy (non-hydrogen) atoms. The van der Waals surface area contributed by atoms with Gasteiger partial charge in [-0.15, -0.1) is 0 Å². The van der Waals surface area contributed by atoms with E-state index >= 15 is 0 Å². The lowest BCUT2D eigenvalue weighted by Crippen LogP contribution is -2.14. The molecule has 2 aromatic heterocycles. The van der Waals surface area contributed by atoms with Crippen LogP contribution in [0.25, 0.3) is 16.6 Å². The number of nitrogens with zero attached hydrogens (tertiary/aromatic N) is 1. The number of amides is 1. The molecule has 0 spiro atoms. The van der Waals surface area contributed by atoms with Crippen LogP contribution in [0.2, 0.25) is 10.0 Å². The monoisotopic (exact) mass is 421 g/mol. The van der Waals surface area contributed by atoms with Gasteiger partial charge >= 0.3 is 0 Å². The Morgan fingerprint density at radius 2 is 1.92 bits per heavy atom. The lowest BCUT2D eigenvalue weighted by molar-refractivity contribution is 0.103. The fourth-order valence-electron chi connectivity index (χ4n) is 2.66. The quantitative estimate of drug-likeness (QED) is 0.440. The highest BCUT2D eigenvalue weighted by Crippen LogP contribution is 2.27. The number of thiazole rings is 1. The Morgan fingerprint density at radius 1 is 1.15 bits per heavy atom. The lowest BCUT2D eigenvalue weighted by atomic mass is 10.2. The highest BCUT2D eigenvalue weighted by molar-refractivity contribution is 7.73. The van der Waals surface area contributed by atoms with E-state index in [-0.39, 0.29) is 5.56 Å². The van der Waals surface area contributed by atoms with Crippen LogP contribution in [-0.2, 0) is 0 Å². The summed E-state index contributed by atoms with van der Waals surface area (Å²) in [7, 11) is 0. The van der Waals surface area contributed by atoms with Gasteiger partial charge in [0.25, 0.3) is 11.5 Å². The fourth-order valence-corrected chi connectivity index (χ4v) is 4.23. The first-order valence-electron chi connectivity index (χ1n) is 7.38. The SMILES string of the molecule is O=C(Nc1ccc(Cl)c(Cl)c1)c1sc(=S)n2c1[nH]c(=O)c1ccccc12. The fraction of sp³-hybridized carbons (Fsp3) is 0. The van der Waals surface area contributed by atoms with Gasteiger partial charge < -0.3 is 10.3 Å². The zero-order chi connectivity index (χ0) is 18.4. The predicted octanol–water partition coefficient (Wildman–Crippen LogP) is 5.13. The second-order valence-corrected chi connectivity index (χ2v) is 7.89. The Hall–Kier alpha value is -2.19. The van der Waals surface area contributed by atoms with Crippen LogP contribution in [-0.4, -0.2) is 15.3 Å². The second-order valence-electron chi connectivity index (χ2n) is 5.44. The second kappa shape index (κ2) is 6.51. The van der Waals surface area contributed by atoms with Crippen molar-refractivity contribution in [2.45, 2.75) is 0 Å². The molecule has 2 aromatic carbocycles. The van der Waals surface area contributed by atoms with E-state index in [9.17, 15) is 9.59 Å². The maximum Gasteiger partial charge on any atom is 0.269 e. The number of nitrogens with one attached hydrogen (secondary N) is 2. The number of H-pyrrole nitrogens is 1. The number of hydrogen-bond acceptors (Lipinski definition) is 4. The van der Waals surface area contributed by atoms with Crippen molar-refractivity contribution in [3.8, 4) is 0 Å². The van der Waals surface area contributed by atoms with Crippen LogP contribution >= 0.6 is 46.8 Å². The molecule has 4 rings (SSSR count). The van der Waals surface area contributed by atoms with Gasteiger partial charge in [0.1, 0.15) is 10.5 Å². The first-order chi connectivity index (χ1) is 12.5. The number of para-hydroxylation sites is 1. The molecule has 0 saturated carbocycles. The maximum atomic E-state index is 12.7. The van der Waals surface area contributed by atoms with Gasteiger partial charge in [0, 0.05) is 5.69 Å². The first-order valence-corrected chi connectivity index (χ1v) is 9.37. The van der Waals surface area contributed by atoms with Gasteiger partial charge in [-0.1, -0.05) is 46.7 Å². The molecule has 130 valence electrons. The van der Waals surface area contributed by atoms with Crippen LogP contribution in [0.1, 0.15) is 9.67 Å². The van der Waals surface area contributed by atoms with Gasteiger partial charge in [-0.05, 0) is 42.5 Å². The normalized spacial score (nSPS) is 11.2. The number of hydrogen-bond donors (Lipinski definition) is 2. The number of carbonyl (C=O) groups is 1. The standard InChI is InChI=1S/C17H9Cl2N3O2S2/c18-10-6-5-8(7-11(10)19)20-16(24)13-14-21-15(23)9-3-1-2-4-12(9)22(14)17(25)26-13/h1-7H,(H,20,24)(H,21,23). The molecule has 4 aromatic rings. The minimum absolute atomic E-state index is 0.281. The average molecular weight is 422 g/mol. The number of halogens is 2. The van der Waals surface area contributed by atoms with Crippen molar-refractivity contribution in [1.29, 1.82) is 0 Å². The summed E-state index contributed by atoms with van der Waals surface area (Å²) < 4.78 is 2.16. The van der Waals surface area contributed by atoms with E-state index in [0.29, 0.717) is 41.1 Å². The number of aromatic amines is 1. The minimum atomic E-state index is -0.395. The Labute approximate surface area is 165 Å². The summed E-state index contributed by atoms with van der Waals surface area (Å²) in [5.41, 5.74) is 1.23. The molecule has 0 aliphatic heterocycles. The van der Waals surface area contributed by atoms with Gasteiger partial charge in [0.15, 0.2) is 3.95 Å². The third kappa shape index (κ3) is 2.83. The summed E-state index contributed by atoms with van der Waals surface area (Å²) in [5, 5.41) is 3.98. The number of aromatic nitrogens is 2. The molecule has 0 aliphatic carbocycles. The molecule has 0 bridgehead atoms. The van der Waals surface area contributed by atoms with E-state index in [1.54, 1.807) is 40.8 Å². The molecule has 0 fully saturated rings. The van der Waals surface area contributed by atoms with Crippen molar-refractivity contribution in [2.24, 2.45) is 0 Å². The van der Waals surface area contributed by atoms with Crippen LogP contribution in [0.3, 0.4) is 0 Å². The number of carbonyl (C=O) groups excluding carboxylic acids is 1. The molecule has 0 saturated heterocycles. The Kier molecular flexibility index (Phi) is 4.32. The molecule has 5 nitrogen and oxygen atoms in total. The van der Waals surface area contributed by atoms with Crippen molar-refractivity contribution in [3.63, 3.8) is 0 Å². The van der Waals surface area contributed by atoms with Gasteiger partial charge in [0.2, 0.25) is 0 Å². The van der Waals surface area contributed by atoms with Gasteiger partial charge in [-0.2, -0.15) is 0 Å². The molecule has 0 aliphatic rings. The zero-order valence-corrected chi connectivity index (χ0v) is 16.0. The average Bonchev–Trinajstić information content (AvgIpc) is 2.95. The van der Waals surface area contributed by atoms with Crippen LogP contribution in [0, 0.1) is 3.95 Å². The molecular weight excluding hydrogens is 413 g/mol. The topological polar surface area (TPSA) is 66.4 Å². The summed E-state index contributed by atoms with van der Waals surface area (Å²) in [6.45, 7) is 0. The van der Waals surface area contributed by atoms with E-state index < -0.39 is 5.91 Å². The number of benzene rings is 2. The number of rotatable bonds is 2. The van der Waals surface area contributed by atoms with Crippen LogP contribution in [0.5, 0.6) is 0 Å². The largest absolute Gasteiger partial charge is 0.321 e. The van der Waals surface area contributed by atoms with E-state index in [0.717, 1.165) is 11.3 Å². The molecule has 1 amide bonds. The number of fused-ring (bicyclic) bond motifs is 3. The van der Waals surface area contributed by atoms with Gasteiger partial charge in [0.05, 0.1) is 20.9 Å². The van der Waals surface area contributed by atoms with E-state index in [1.807, 2.05) is 6.07 Å². The zero-order valence-electron chi connectivity index (χ0n) is 12.9. The molecular formula is C17H9Cl2N3O2S2. The van der Waals surface area contributed by atoms with Gasteiger partial charge in [-0.25, -0.2) is 0 Å². The van der Waals surface area contributed by atoms with E-state index in [2.05, 4.69) is 10.3 Å². The van der Waals surface area contributed by atoms with Crippen molar-refractivity contribution in [3.05, 3.63) is 71.7 Å². The lowest BCUT2D eigenvalue weighted by Gasteiger charge is -2.06. The summed E-state index contributed by atoms with van der Waals surface area (Å²) in [6.07, 6.45) is 0. The van der Waals surface area contributed by atoms with Crippen molar-refractivity contribution in [2.75, 3.05) is 5.32 Å². The smallest absolute Gasteiger partial charge is 0.269 e. The van der Waals surface area contributed by atoms with Crippen molar-refractivity contribution in [1.82, 2.24) is 9.38 Å². The van der Waals surface area contributed by atoms with E-state index in [1.165, 1.54) is 0 Å². The van der Waals surface area contributed by atoms with Crippen LogP contribution in [0.15, 0.2) is 47.3 Å². The Bertz CT molecular complexity index is 1310. The van der Waals surface area contributed by atoms with Crippen LogP contribution < -0.4 is 10.9 Å². The van der Waals surface area contributed by atoms with Crippen molar-refractivity contribution >= 4 is 74.9 Å². The third-order valence-corrected chi connectivity index (χ3v) is 5.93. The highest BCUT2D eigenvalue weighted by atomic mass is 35.5. The van der Waals surface area contributed by atoms with Crippen LogP contribution in [0.4, 0.5) is 5.69 Å². The Balaban J connectivity index is 1.86. The molecule has 9 heteroatoms. The summed E-state index contributed by atoms with van der Waals surface area (Å²) in [4.78, 5) is 28.1.